The normalized spacial score (nSPS) is 15.3. The van der Waals surface area contributed by atoms with Crippen molar-refractivity contribution < 1.29 is 4.39 Å². The SMILES string of the molecule is Cc1cccc(F)c1-c1cc2c(-c3cnn(C4CCN(C(C)(C)C)CC4)c3)cnc(N)c2cc1C#N. The van der Waals surface area contributed by atoms with Crippen LogP contribution in [0, 0.1) is 24.1 Å². The number of likely N-dealkylation sites (tertiary alicyclic amines) is 1. The zero-order valence-electron chi connectivity index (χ0n) is 21.2. The van der Waals surface area contributed by atoms with Gasteiger partial charge in [0.15, 0.2) is 0 Å². The third kappa shape index (κ3) is 4.22. The highest BCUT2D eigenvalue weighted by Gasteiger charge is 2.28. The molecule has 3 heterocycles. The van der Waals surface area contributed by atoms with Gasteiger partial charge in [0.2, 0.25) is 0 Å². The predicted octanol–water partition coefficient (Wildman–Crippen LogP) is 6.10. The number of anilines is 1. The van der Waals surface area contributed by atoms with E-state index in [-0.39, 0.29) is 11.4 Å². The predicted molar refractivity (Wildman–Crippen MR) is 142 cm³/mol. The molecule has 0 unspecified atom stereocenters. The number of piperidine rings is 1. The van der Waals surface area contributed by atoms with Gasteiger partial charge in [-0.05, 0) is 69.7 Å². The average molecular weight is 483 g/mol. The Hall–Kier alpha value is -3.76. The Morgan fingerprint density at radius 1 is 1.08 bits per heavy atom. The molecule has 0 saturated carbocycles. The maximum absolute atomic E-state index is 14.9. The van der Waals surface area contributed by atoms with Gasteiger partial charge < -0.3 is 5.73 Å². The number of halogens is 1. The zero-order chi connectivity index (χ0) is 25.6. The van der Waals surface area contributed by atoms with Crippen LogP contribution in [0.15, 0.2) is 48.9 Å². The highest BCUT2D eigenvalue weighted by molar-refractivity contribution is 6.04. The molecule has 36 heavy (non-hydrogen) atoms. The molecule has 1 fully saturated rings. The first kappa shape index (κ1) is 24.0. The van der Waals surface area contributed by atoms with Crippen LogP contribution in [0.5, 0.6) is 0 Å². The zero-order valence-corrected chi connectivity index (χ0v) is 21.2. The van der Waals surface area contributed by atoms with Gasteiger partial charge in [0.05, 0.1) is 23.9 Å². The molecule has 0 bridgehead atoms. The molecule has 2 N–H and O–H groups in total. The molecule has 6 nitrogen and oxygen atoms in total. The first-order valence-corrected chi connectivity index (χ1v) is 12.3. The lowest BCUT2D eigenvalue weighted by atomic mass is 9.91. The highest BCUT2D eigenvalue weighted by atomic mass is 19.1. The summed E-state index contributed by atoms with van der Waals surface area (Å²) in [7, 11) is 0. The van der Waals surface area contributed by atoms with E-state index in [2.05, 4.69) is 47.6 Å². The van der Waals surface area contributed by atoms with E-state index in [0.717, 1.165) is 48.0 Å². The molecule has 0 radical (unpaired) electrons. The Bertz CT molecular complexity index is 1460. The minimum absolute atomic E-state index is 0.172. The first-order chi connectivity index (χ1) is 17.2. The van der Waals surface area contributed by atoms with E-state index in [0.29, 0.717) is 33.9 Å². The third-order valence-corrected chi connectivity index (χ3v) is 7.37. The van der Waals surface area contributed by atoms with Crippen molar-refractivity contribution >= 4 is 16.6 Å². The molecule has 0 amide bonds. The fourth-order valence-electron chi connectivity index (χ4n) is 5.29. The van der Waals surface area contributed by atoms with Crippen molar-refractivity contribution in [1.29, 1.82) is 5.26 Å². The third-order valence-electron chi connectivity index (χ3n) is 7.37. The summed E-state index contributed by atoms with van der Waals surface area (Å²) >= 11 is 0. The van der Waals surface area contributed by atoms with E-state index in [1.807, 2.05) is 25.3 Å². The maximum atomic E-state index is 14.9. The summed E-state index contributed by atoms with van der Waals surface area (Å²) in [4.78, 5) is 6.92. The van der Waals surface area contributed by atoms with Gasteiger partial charge in [-0.3, -0.25) is 9.58 Å². The molecule has 0 spiro atoms. The van der Waals surface area contributed by atoms with E-state index in [1.54, 1.807) is 18.3 Å². The van der Waals surface area contributed by atoms with Crippen LogP contribution in [0.1, 0.15) is 50.8 Å². The van der Waals surface area contributed by atoms with Crippen LogP contribution < -0.4 is 5.73 Å². The molecule has 184 valence electrons. The Morgan fingerprint density at radius 2 is 1.83 bits per heavy atom. The molecule has 0 aliphatic carbocycles. The lowest BCUT2D eigenvalue weighted by Gasteiger charge is -2.40. The number of nitriles is 1. The number of aryl methyl sites for hydroxylation is 1. The molecule has 0 atom stereocenters. The number of rotatable bonds is 3. The van der Waals surface area contributed by atoms with Crippen LogP contribution in [-0.2, 0) is 0 Å². The van der Waals surface area contributed by atoms with E-state index in [4.69, 9.17) is 10.8 Å². The van der Waals surface area contributed by atoms with Crippen LogP contribution in [-0.4, -0.2) is 38.3 Å². The number of pyridine rings is 1. The molecule has 5 rings (SSSR count). The summed E-state index contributed by atoms with van der Waals surface area (Å²) in [5, 5.41) is 16.1. The number of aromatic nitrogens is 3. The molecular weight excluding hydrogens is 451 g/mol. The van der Waals surface area contributed by atoms with Crippen LogP contribution in [0.25, 0.3) is 33.0 Å². The van der Waals surface area contributed by atoms with Gasteiger partial charge in [0, 0.05) is 58.7 Å². The molecule has 1 saturated heterocycles. The largest absolute Gasteiger partial charge is 0.383 e. The Balaban J connectivity index is 1.57. The topological polar surface area (TPSA) is 83.8 Å². The number of nitrogen functional groups attached to an aromatic ring is 1. The first-order valence-electron chi connectivity index (χ1n) is 12.3. The molecule has 7 heteroatoms. The Morgan fingerprint density at radius 3 is 2.50 bits per heavy atom. The fraction of sp³-hybridized carbons (Fsp3) is 0.345. The van der Waals surface area contributed by atoms with Crippen molar-refractivity contribution in [1.82, 2.24) is 19.7 Å². The number of nitrogens with zero attached hydrogens (tertiary/aromatic N) is 5. The minimum atomic E-state index is -0.358. The lowest BCUT2D eigenvalue weighted by Crippen LogP contribution is -2.46. The summed E-state index contributed by atoms with van der Waals surface area (Å²) in [5.41, 5.74) is 10.3. The molecule has 1 aliphatic heterocycles. The standard InChI is InChI=1S/C29H31FN6/c1-18-6-5-7-26(30)27(18)22-13-23-24(12-19(22)14-31)28(32)33-16-25(23)20-15-34-36(17-20)21-8-10-35(11-9-21)29(2,3)4/h5-7,12-13,15-17,21H,8-11H2,1-4H3,(H2,32,33). The molecule has 2 aromatic carbocycles. The van der Waals surface area contributed by atoms with Crippen LogP contribution in [0.4, 0.5) is 10.2 Å². The van der Waals surface area contributed by atoms with Gasteiger partial charge in [0.1, 0.15) is 11.6 Å². The van der Waals surface area contributed by atoms with Crippen LogP contribution in [0.3, 0.4) is 0 Å². The molecule has 1 aliphatic rings. The number of benzene rings is 2. The van der Waals surface area contributed by atoms with Crippen LogP contribution in [0.2, 0.25) is 0 Å². The molecular formula is C29H31FN6. The van der Waals surface area contributed by atoms with E-state index in [1.165, 1.54) is 6.07 Å². The van der Waals surface area contributed by atoms with Crippen molar-refractivity contribution in [2.75, 3.05) is 18.8 Å². The maximum Gasteiger partial charge on any atom is 0.131 e. The van der Waals surface area contributed by atoms with Crippen LogP contribution >= 0.6 is 0 Å². The summed E-state index contributed by atoms with van der Waals surface area (Å²) in [6.07, 6.45) is 7.75. The van der Waals surface area contributed by atoms with Crippen molar-refractivity contribution in [2.45, 2.75) is 52.1 Å². The van der Waals surface area contributed by atoms with Gasteiger partial charge in [0.25, 0.3) is 0 Å². The van der Waals surface area contributed by atoms with E-state index >= 15 is 0 Å². The minimum Gasteiger partial charge on any atom is -0.383 e. The van der Waals surface area contributed by atoms with E-state index in [9.17, 15) is 9.65 Å². The Kier molecular flexibility index (Phi) is 6.01. The monoisotopic (exact) mass is 482 g/mol. The number of fused-ring (bicyclic) bond motifs is 1. The number of hydrogen-bond donors (Lipinski definition) is 1. The number of nitrogens with two attached hydrogens (primary N) is 1. The van der Waals surface area contributed by atoms with Gasteiger partial charge in [-0.2, -0.15) is 10.4 Å². The van der Waals surface area contributed by atoms with Crippen molar-refractivity contribution in [3.8, 4) is 28.3 Å². The van der Waals surface area contributed by atoms with Crippen molar-refractivity contribution in [3.05, 3.63) is 65.9 Å². The molecule has 2 aromatic heterocycles. The fourth-order valence-corrected chi connectivity index (χ4v) is 5.29. The lowest BCUT2D eigenvalue weighted by molar-refractivity contribution is 0.0870. The quantitative estimate of drug-likeness (QED) is 0.381. The second-order valence-electron chi connectivity index (χ2n) is 10.6. The van der Waals surface area contributed by atoms with Crippen molar-refractivity contribution in [2.24, 2.45) is 0 Å². The second kappa shape index (κ2) is 9.03. The average Bonchev–Trinajstić information content (AvgIpc) is 3.33. The van der Waals surface area contributed by atoms with E-state index < -0.39 is 0 Å². The van der Waals surface area contributed by atoms with Gasteiger partial charge in [-0.15, -0.1) is 0 Å². The second-order valence-corrected chi connectivity index (χ2v) is 10.6. The number of hydrogen-bond acceptors (Lipinski definition) is 5. The summed E-state index contributed by atoms with van der Waals surface area (Å²) in [5.74, 6) is -0.0205. The van der Waals surface area contributed by atoms with Gasteiger partial charge in [-0.1, -0.05) is 12.1 Å². The smallest absolute Gasteiger partial charge is 0.131 e. The van der Waals surface area contributed by atoms with Crippen molar-refractivity contribution in [3.63, 3.8) is 0 Å². The van der Waals surface area contributed by atoms with Gasteiger partial charge in [-0.25, -0.2) is 9.37 Å². The summed E-state index contributed by atoms with van der Waals surface area (Å²) in [6.45, 7) is 10.7. The summed E-state index contributed by atoms with van der Waals surface area (Å²) < 4.78 is 17.0. The van der Waals surface area contributed by atoms with Gasteiger partial charge >= 0.3 is 0 Å². The Labute approximate surface area is 211 Å². The summed E-state index contributed by atoms with van der Waals surface area (Å²) in [6, 6.07) is 11.1. The molecule has 4 aromatic rings. The highest BCUT2D eigenvalue weighted by Crippen LogP contribution is 2.38.